The van der Waals surface area contributed by atoms with E-state index in [4.69, 9.17) is 13.9 Å². The minimum atomic E-state index is -0.822. The zero-order valence-corrected chi connectivity index (χ0v) is 20.4. The lowest BCUT2D eigenvalue weighted by atomic mass is 9.98. The number of furan rings is 1. The number of rotatable bonds is 7. The summed E-state index contributed by atoms with van der Waals surface area (Å²) in [4.78, 5) is 27.7. The van der Waals surface area contributed by atoms with E-state index < -0.39 is 17.7 Å². The molecule has 2 aliphatic heterocycles. The van der Waals surface area contributed by atoms with Crippen LogP contribution in [0.15, 0.2) is 70.7 Å². The van der Waals surface area contributed by atoms with Crippen molar-refractivity contribution in [2.75, 3.05) is 13.2 Å². The first kappa shape index (κ1) is 23.9. The van der Waals surface area contributed by atoms with E-state index in [0.717, 1.165) is 24.0 Å². The Morgan fingerprint density at radius 3 is 2.56 bits per heavy atom. The van der Waals surface area contributed by atoms with Gasteiger partial charge in [0.25, 0.3) is 11.7 Å². The third-order valence-corrected chi connectivity index (χ3v) is 6.68. The standard InChI is InChI=1S/C29H29NO6/c1-18-15-21(11-13-23(18)35-17-20-7-4-3-5-8-20)27(31)25-26(24-12-10-19(2)36-24)30(29(33)28(25)32)16-22-9-6-14-34-22/h3-5,7-8,10-13,15,22,26,31H,6,9,14,16-17H2,1-2H3/b27-25-. The van der Waals surface area contributed by atoms with E-state index in [2.05, 4.69) is 0 Å². The third kappa shape index (κ3) is 4.66. The highest BCUT2D eigenvalue weighted by molar-refractivity contribution is 6.46. The second-order valence-electron chi connectivity index (χ2n) is 9.29. The molecule has 5 rings (SSSR count). The number of aliphatic hydroxyl groups excluding tert-OH is 1. The Kier molecular flexibility index (Phi) is 6.65. The third-order valence-electron chi connectivity index (χ3n) is 6.68. The molecule has 3 aromatic rings. The van der Waals surface area contributed by atoms with Crippen LogP contribution in [0.4, 0.5) is 0 Å². The highest BCUT2D eigenvalue weighted by Crippen LogP contribution is 2.41. The van der Waals surface area contributed by atoms with Gasteiger partial charge in [0.2, 0.25) is 0 Å². The van der Waals surface area contributed by atoms with E-state index >= 15 is 0 Å². The summed E-state index contributed by atoms with van der Waals surface area (Å²) in [7, 11) is 0. The molecule has 7 heteroatoms. The van der Waals surface area contributed by atoms with Gasteiger partial charge in [-0.15, -0.1) is 0 Å². The number of nitrogens with zero attached hydrogens (tertiary/aromatic N) is 1. The normalized spacial score (nSPS) is 21.3. The summed E-state index contributed by atoms with van der Waals surface area (Å²) in [6.07, 6.45) is 1.58. The fraction of sp³-hybridized carbons (Fsp3) is 0.310. The second-order valence-corrected chi connectivity index (χ2v) is 9.29. The van der Waals surface area contributed by atoms with Crippen LogP contribution in [0.2, 0.25) is 0 Å². The zero-order chi connectivity index (χ0) is 25.2. The van der Waals surface area contributed by atoms with Gasteiger partial charge >= 0.3 is 0 Å². The smallest absolute Gasteiger partial charge is 0.295 e. The second kappa shape index (κ2) is 10.0. The minimum absolute atomic E-state index is 0.0182. The Labute approximate surface area is 209 Å². The van der Waals surface area contributed by atoms with Crippen LogP contribution >= 0.6 is 0 Å². The average Bonchev–Trinajstić information content (AvgIpc) is 3.61. The van der Waals surface area contributed by atoms with Gasteiger partial charge in [-0.2, -0.15) is 0 Å². The van der Waals surface area contributed by atoms with Crippen LogP contribution in [0.5, 0.6) is 5.75 Å². The maximum Gasteiger partial charge on any atom is 0.295 e. The summed E-state index contributed by atoms with van der Waals surface area (Å²) >= 11 is 0. The molecule has 1 amide bonds. The lowest BCUT2D eigenvalue weighted by Crippen LogP contribution is -2.36. The van der Waals surface area contributed by atoms with Gasteiger partial charge < -0.3 is 23.9 Å². The summed E-state index contributed by atoms with van der Waals surface area (Å²) in [5.74, 6) is 0.138. The monoisotopic (exact) mass is 487 g/mol. The van der Waals surface area contributed by atoms with Gasteiger partial charge in [-0.1, -0.05) is 30.3 Å². The van der Waals surface area contributed by atoms with E-state index in [1.807, 2.05) is 37.3 Å². The maximum atomic E-state index is 13.2. The largest absolute Gasteiger partial charge is 0.507 e. The quantitative estimate of drug-likeness (QED) is 0.284. The Balaban J connectivity index is 1.47. The topological polar surface area (TPSA) is 89.2 Å². The molecule has 0 radical (unpaired) electrons. The number of hydrogen-bond acceptors (Lipinski definition) is 6. The number of ketones is 1. The highest BCUT2D eigenvalue weighted by Gasteiger charge is 2.48. The van der Waals surface area contributed by atoms with Crippen molar-refractivity contribution >= 4 is 17.4 Å². The van der Waals surface area contributed by atoms with E-state index in [0.29, 0.717) is 36.0 Å². The van der Waals surface area contributed by atoms with E-state index in [9.17, 15) is 14.7 Å². The van der Waals surface area contributed by atoms with Gasteiger partial charge in [0, 0.05) is 18.7 Å². The molecule has 36 heavy (non-hydrogen) atoms. The van der Waals surface area contributed by atoms with Gasteiger partial charge in [-0.25, -0.2) is 0 Å². The van der Waals surface area contributed by atoms with Gasteiger partial charge in [-0.05, 0) is 68.1 Å². The van der Waals surface area contributed by atoms with Crippen molar-refractivity contribution in [2.24, 2.45) is 0 Å². The van der Waals surface area contributed by atoms with Crippen LogP contribution in [0.3, 0.4) is 0 Å². The van der Waals surface area contributed by atoms with Gasteiger partial charge in [0.15, 0.2) is 0 Å². The molecule has 2 aliphatic rings. The molecule has 2 unspecified atom stereocenters. The Morgan fingerprint density at radius 1 is 1.08 bits per heavy atom. The Bertz CT molecular complexity index is 1300. The minimum Gasteiger partial charge on any atom is -0.507 e. The number of aliphatic hydroxyl groups is 1. The zero-order valence-electron chi connectivity index (χ0n) is 20.4. The lowest BCUT2D eigenvalue weighted by Gasteiger charge is -2.25. The molecule has 2 fully saturated rings. The van der Waals surface area contributed by atoms with Gasteiger partial charge in [0.1, 0.15) is 35.7 Å². The molecule has 0 saturated carbocycles. The molecule has 2 saturated heterocycles. The first-order valence-electron chi connectivity index (χ1n) is 12.2. The first-order chi connectivity index (χ1) is 17.4. The lowest BCUT2D eigenvalue weighted by molar-refractivity contribution is -0.141. The molecule has 2 atom stereocenters. The number of carbonyl (C=O) groups excluding carboxylic acids is 2. The molecule has 186 valence electrons. The highest BCUT2D eigenvalue weighted by atomic mass is 16.5. The Hall–Kier alpha value is -3.84. The molecular formula is C29H29NO6. The van der Waals surface area contributed by atoms with Crippen LogP contribution < -0.4 is 4.74 Å². The molecule has 0 spiro atoms. The average molecular weight is 488 g/mol. The van der Waals surface area contributed by atoms with Crippen LogP contribution in [0.25, 0.3) is 5.76 Å². The summed E-state index contributed by atoms with van der Waals surface area (Å²) in [5, 5.41) is 11.3. The van der Waals surface area contributed by atoms with Crippen molar-refractivity contribution in [3.8, 4) is 5.75 Å². The van der Waals surface area contributed by atoms with Crippen molar-refractivity contribution in [2.45, 2.75) is 45.4 Å². The predicted molar refractivity (Wildman–Crippen MR) is 133 cm³/mol. The number of likely N-dealkylation sites (tertiary alicyclic amines) is 1. The van der Waals surface area contributed by atoms with Gasteiger partial charge in [-0.3, -0.25) is 9.59 Å². The molecule has 7 nitrogen and oxygen atoms in total. The van der Waals surface area contributed by atoms with Crippen LogP contribution in [-0.2, 0) is 20.9 Å². The first-order valence-corrected chi connectivity index (χ1v) is 12.2. The van der Waals surface area contributed by atoms with Crippen molar-refractivity contribution in [1.82, 2.24) is 4.90 Å². The molecule has 3 heterocycles. The molecule has 1 N–H and O–H groups in total. The van der Waals surface area contributed by atoms with Crippen molar-refractivity contribution < 1.29 is 28.6 Å². The Morgan fingerprint density at radius 2 is 1.89 bits per heavy atom. The molecule has 0 bridgehead atoms. The molecule has 2 aromatic carbocycles. The number of aryl methyl sites for hydroxylation is 2. The molecular weight excluding hydrogens is 458 g/mol. The number of Topliss-reactive ketones (excluding diaryl/α,β-unsaturated/α-hetero) is 1. The van der Waals surface area contributed by atoms with Crippen LogP contribution in [0.1, 0.15) is 47.1 Å². The molecule has 1 aromatic heterocycles. The SMILES string of the molecule is Cc1ccc(C2/C(=C(/O)c3ccc(OCc4ccccc4)c(C)c3)C(=O)C(=O)N2CC2CCCO2)o1. The van der Waals surface area contributed by atoms with Crippen molar-refractivity contribution in [3.63, 3.8) is 0 Å². The van der Waals surface area contributed by atoms with E-state index in [1.165, 1.54) is 4.90 Å². The predicted octanol–water partition coefficient (Wildman–Crippen LogP) is 5.08. The van der Waals surface area contributed by atoms with Crippen LogP contribution in [-0.4, -0.2) is 41.0 Å². The van der Waals surface area contributed by atoms with Crippen molar-refractivity contribution in [1.29, 1.82) is 0 Å². The van der Waals surface area contributed by atoms with E-state index in [1.54, 1.807) is 37.3 Å². The number of hydrogen-bond donors (Lipinski definition) is 1. The summed E-state index contributed by atoms with van der Waals surface area (Å²) in [5.41, 5.74) is 2.30. The van der Waals surface area contributed by atoms with Gasteiger partial charge in [0.05, 0.1) is 11.7 Å². The fourth-order valence-electron chi connectivity index (χ4n) is 4.82. The van der Waals surface area contributed by atoms with Crippen molar-refractivity contribution in [3.05, 3.63) is 94.4 Å². The number of ether oxygens (including phenoxy) is 2. The van der Waals surface area contributed by atoms with Crippen LogP contribution in [0, 0.1) is 13.8 Å². The number of carbonyl (C=O) groups is 2. The fourth-order valence-corrected chi connectivity index (χ4v) is 4.82. The number of benzene rings is 2. The van der Waals surface area contributed by atoms with E-state index in [-0.39, 0.29) is 24.0 Å². The molecule has 0 aliphatic carbocycles. The summed E-state index contributed by atoms with van der Waals surface area (Å²) in [6, 6.07) is 17.8. The number of amides is 1. The summed E-state index contributed by atoms with van der Waals surface area (Å²) in [6.45, 7) is 4.99. The summed E-state index contributed by atoms with van der Waals surface area (Å²) < 4.78 is 17.5. The maximum absolute atomic E-state index is 13.2.